The molecule has 1 aromatic heterocycles. The van der Waals surface area contributed by atoms with Crippen molar-refractivity contribution in [3.05, 3.63) is 40.3 Å². The monoisotopic (exact) mass is 425 g/mol. The third-order valence-electron chi connectivity index (χ3n) is 4.13. The van der Waals surface area contributed by atoms with Crippen LogP contribution in [0.4, 0.5) is 5.00 Å². The average Bonchev–Trinajstić information content (AvgIpc) is 2.94. The summed E-state index contributed by atoms with van der Waals surface area (Å²) in [5.41, 5.74) is 1.06. The fourth-order valence-corrected chi connectivity index (χ4v) is 4.79. The number of aryl methyl sites for hydroxylation is 1. The molecule has 0 saturated heterocycles. The molecule has 152 valence electrons. The zero-order valence-corrected chi connectivity index (χ0v) is 17.8. The third kappa shape index (κ3) is 5.11. The van der Waals surface area contributed by atoms with Crippen LogP contribution in [-0.2, 0) is 19.4 Å². The Kier molecular flexibility index (Phi) is 7.20. The van der Waals surface area contributed by atoms with Gasteiger partial charge < -0.3 is 14.8 Å². The van der Waals surface area contributed by atoms with Crippen LogP contribution in [0.15, 0.2) is 29.2 Å². The molecule has 0 unspecified atom stereocenters. The van der Waals surface area contributed by atoms with Gasteiger partial charge >= 0.3 is 5.97 Å². The van der Waals surface area contributed by atoms with Gasteiger partial charge in [-0.25, -0.2) is 13.2 Å². The van der Waals surface area contributed by atoms with Crippen LogP contribution in [0.5, 0.6) is 5.75 Å². The molecule has 9 heteroatoms. The summed E-state index contributed by atoms with van der Waals surface area (Å²) >= 11 is 1.26. The lowest BCUT2D eigenvalue weighted by molar-refractivity contribution is -0.115. The number of amides is 1. The number of rotatable bonds is 8. The Morgan fingerprint density at radius 1 is 1.14 bits per heavy atom. The van der Waals surface area contributed by atoms with Gasteiger partial charge in [-0.05, 0) is 50.6 Å². The second-order valence-corrected chi connectivity index (χ2v) is 9.33. The number of hydrogen-bond donors (Lipinski definition) is 1. The van der Waals surface area contributed by atoms with Crippen LogP contribution in [0, 0.1) is 13.8 Å². The molecule has 7 nitrogen and oxygen atoms in total. The molecule has 1 amide bonds. The summed E-state index contributed by atoms with van der Waals surface area (Å²) in [5.74, 6) is -0.788. The van der Waals surface area contributed by atoms with E-state index in [1.165, 1.54) is 30.6 Å². The Labute approximate surface area is 168 Å². The molecule has 0 aliphatic heterocycles. The zero-order valence-electron chi connectivity index (χ0n) is 16.2. The Hall–Kier alpha value is -2.39. The molecule has 0 atom stereocenters. The van der Waals surface area contributed by atoms with Gasteiger partial charge in [0.15, 0.2) is 9.84 Å². The fraction of sp³-hybridized carbons (Fsp3) is 0.368. The van der Waals surface area contributed by atoms with Crippen molar-refractivity contribution in [2.24, 2.45) is 0 Å². The van der Waals surface area contributed by atoms with Crippen molar-refractivity contribution in [3.8, 4) is 5.75 Å². The Balaban J connectivity index is 2.08. The second kappa shape index (κ2) is 9.20. The van der Waals surface area contributed by atoms with E-state index < -0.39 is 21.7 Å². The smallest absolute Gasteiger partial charge is 0.341 e. The minimum atomic E-state index is -3.62. The lowest BCUT2D eigenvalue weighted by atomic mass is 10.1. The van der Waals surface area contributed by atoms with E-state index in [-0.39, 0.29) is 23.7 Å². The van der Waals surface area contributed by atoms with E-state index in [1.807, 2.05) is 6.92 Å². The topological polar surface area (TPSA) is 98.8 Å². The normalized spacial score (nSPS) is 11.1. The third-order valence-corrected chi connectivity index (χ3v) is 6.99. The lowest BCUT2D eigenvalue weighted by Crippen LogP contribution is -2.18. The number of carbonyl (C=O) groups excluding carboxylic acids is 2. The summed E-state index contributed by atoms with van der Waals surface area (Å²) in [5, 5.41) is 3.02. The maximum absolute atomic E-state index is 12.4. The van der Waals surface area contributed by atoms with Crippen molar-refractivity contribution in [1.29, 1.82) is 0 Å². The standard InChI is InChI=1S/C19H23NO6S2/c1-5-26-19(22)17-12(2)13(3)27-18(17)20-16(21)10-11-28(23,24)15-8-6-14(25-4)7-9-15/h6-9H,5,10-11H2,1-4H3,(H,20,21). The molecule has 0 spiro atoms. The second-order valence-electron chi connectivity index (χ2n) is 6.00. The van der Waals surface area contributed by atoms with E-state index in [2.05, 4.69) is 5.32 Å². The van der Waals surface area contributed by atoms with Gasteiger partial charge in [0.2, 0.25) is 5.91 Å². The number of ether oxygens (including phenoxy) is 2. The Morgan fingerprint density at radius 3 is 2.36 bits per heavy atom. The van der Waals surface area contributed by atoms with Crippen LogP contribution in [0.2, 0.25) is 0 Å². The van der Waals surface area contributed by atoms with Crippen molar-refractivity contribution < 1.29 is 27.5 Å². The van der Waals surface area contributed by atoms with Crippen molar-refractivity contribution in [2.45, 2.75) is 32.1 Å². The fourth-order valence-electron chi connectivity index (χ4n) is 2.48. The van der Waals surface area contributed by atoms with Gasteiger partial charge in [-0.3, -0.25) is 4.79 Å². The van der Waals surface area contributed by atoms with Crippen LogP contribution in [0.3, 0.4) is 0 Å². The van der Waals surface area contributed by atoms with Crippen LogP contribution in [-0.4, -0.2) is 39.8 Å². The Morgan fingerprint density at radius 2 is 1.79 bits per heavy atom. The van der Waals surface area contributed by atoms with Crippen LogP contribution >= 0.6 is 11.3 Å². The minimum absolute atomic E-state index is 0.121. The molecule has 0 aliphatic carbocycles. The van der Waals surface area contributed by atoms with Gasteiger partial charge in [0.1, 0.15) is 10.8 Å². The molecule has 0 radical (unpaired) electrons. The van der Waals surface area contributed by atoms with E-state index >= 15 is 0 Å². The first-order chi connectivity index (χ1) is 13.2. The Bertz CT molecular complexity index is 961. The first-order valence-corrected chi connectivity index (χ1v) is 11.1. The summed E-state index contributed by atoms with van der Waals surface area (Å²) in [4.78, 5) is 25.5. The number of thiophene rings is 1. The zero-order chi connectivity index (χ0) is 20.9. The van der Waals surface area contributed by atoms with E-state index in [9.17, 15) is 18.0 Å². The van der Waals surface area contributed by atoms with Gasteiger partial charge in [0, 0.05) is 11.3 Å². The average molecular weight is 426 g/mol. The summed E-state index contributed by atoms with van der Waals surface area (Å²) in [6.45, 7) is 5.55. The molecule has 2 aromatic rings. The van der Waals surface area contributed by atoms with Crippen molar-refractivity contribution >= 4 is 38.1 Å². The minimum Gasteiger partial charge on any atom is -0.497 e. The largest absolute Gasteiger partial charge is 0.497 e. The lowest BCUT2D eigenvalue weighted by Gasteiger charge is -2.08. The van der Waals surface area contributed by atoms with Crippen LogP contribution in [0.1, 0.15) is 34.1 Å². The van der Waals surface area contributed by atoms with Gasteiger partial charge in [-0.1, -0.05) is 0 Å². The summed E-state index contributed by atoms with van der Waals surface area (Å²) in [6, 6.07) is 5.99. The molecule has 0 aliphatic rings. The van der Waals surface area contributed by atoms with Gasteiger partial charge in [0.05, 0.1) is 29.9 Å². The maximum Gasteiger partial charge on any atom is 0.341 e. The molecule has 0 bridgehead atoms. The van der Waals surface area contributed by atoms with Crippen LogP contribution in [0.25, 0.3) is 0 Å². The van der Waals surface area contributed by atoms with Gasteiger partial charge in [0.25, 0.3) is 0 Å². The maximum atomic E-state index is 12.4. The molecule has 1 N–H and O–H groups in total. The first-order valence-electron chi connectivity index (χ1n) is 8.63. The molecule has 0 saturated carbocycles. The highest BCUT2D eigenvalue weighted by Gasteiger charge is 2.23. The number of sulfone groups is 1. The summed E-state index contributed by atoms with van der Waals surface area (Å²) in [6.07, 6.45) is -0.230. The number of nitrogens with one attached hydrogen (secondary N) is 1. The quantitative estimate of drug-likeness (QED) is 0.651. The molecule has 0 fully saturated rings. The summed E-state index contributed by atoms with van der Waals surface area (Å²) < 4.78 is 34.9. The molecule has 1 aromatic carbocycles. The predicted octanol–water partition coefficient (Wildman–Crippen LogP) is 3.35. The van der Waals surface area contributed by atoms with Crippen molar-refractivity contribution in [2.75, 3.05) is 24.8 Å². The van der Waals surface area contributed by atoms with E-state index in [1.54, 1.807) is 26.0 Å². The van der Waals surface area contributed by atoms with Crippen LogP contribution < -0.4 is 10.1 Å². The van der Waals surface area contributed by atoms with Gasteiger partial charge in [-0.2, -0.15) is 0 Å². The molecular formula is C19H23NO6S2. The number of carbonyl (C=O) groups is 2. The SMILES string of the molecule is CCOC(=O)c1c(NC(=O)CCS(=O)(=O)c2ccc(OC)cc2)sc(C)c1C. The van der Waals surface area contributed by atoms with E-state index in [4.69, 9.17) is 9.47 Å². The number of anilines is 1. The molecule has 2 rings (SSSR count). The predicted molar refractivity (Wildman–Crippen MR) is 108 cm³/mol. The van der Waals surface area contributed by atoms with Crippen molar-refractivity contribution in [3.63, 3.8) is 0 Å². The highest BCUT2D eigenvalue weighted by Crippen LogP contribution is 2.33. The van der Waals surface area contributed by atoms with E-state index in [0.717, 1.165) is 10.4 Å². The number of methoxy groups -OCH3 is 1. The first kappa shape index (κ1) is 21.9. The highest BCUT2D eigenvalue weighted by molar-refractivity contribution is 7.91. The molecule has 28 heavy (non-hydrogen) atoms. The molecule has 1 heterocycles. The number of benzene rings is 1. The summed E-state index contributed by atoms with van der Waals surface area (Å²) in [7, 11) is -2.12. The van der Waals surface area contributed by atoms with E-state index in [0.29, 0.717) is 16.3 Å². The number of hydrogen-bond acceptors (Lipinski definition) is 7. The number of esters is 1. The van der Waals surface area contributed by atoms with Gasteiger partial charge in [-0.15, -0.1) is 11.3 Å². The van der Waals surface area contributed by atoms with Crippen molar-refractivity contribution in [1.82, 2.24) is 0 Å². The molecular weight excluding hydrogens is 402 g/mol. The highest BCUT2D eigenvalue weighted by atomic mass is 32.2.